The zero-order chi connectivity index (χ0) is 47.6. The molecule has 10 aromatic carbocycles. The van der Waals surface area contributed by atoms with Crippen LogP contribution in [-0.4, -0.2) is 27.6 Å². The molecule has 0 amide bonds. The molecule has 4 heterocycles. The lowest BCUT2D eigenvalue weighted by Gasteiger charge is -2.34. The summed E-state index contributed by atoms with van der Waals surface area (Å²) in [6.07, 6.45) is -0.341. The van der Waals surface area contributed by atoms with E-state index in [0.29, 0.717) is 17.6 Å². The molecule has 0 bridgehead atoms. The molecule has 3 aromatic heterocycles. The summed E-state index contributed by atoms with van der Waals surface area (Å²) >= 11 is 1.81. The van der Waals surface area contributed by atoms with E-state index in [1.807, 2.05) is 41.7 Å². The summed E-state index contributed by atoms with van der Waals surface area (Å²) in [7, 11) is -2.88. The van der Waals surface area contributed by atoms with Crippen molar-refractivity contribution < 1.29 is 4.74 Å². The Morgan fingerprint density at radius 2 is 1.00 bits per heavy atom. The van der Waals surface area contributed by atoms with E-state index in [-0.39, 0.29) is 6.23 Å². The van der Waals surface area contributed by atoms with E-state index in [4.69, 9.17) is 19.7 Å². The quantitative estimate of drug-likeness (QED) is 0.107. The van der Waals surface area contributed by atoms with Crippen LogP contribution in [0.3, 0.4) is 0 Å². The average molecular weight is 958 g/mol. The fourth-order valence-electron chi connectivity index (χ4n) is 11.1. The van der Waals surface area contributed by atoms with Crippen molar-refractivity contribution in [2.75, 3.05) is 4.90 Å². The van der Waals surface area contributed by atoms with Crippen molar-refractivity contribution >= 4 is 93.5 Å². The minimum Gasteiger partial charge on any atom is -0.464 e. The Morgan fingerprint density at radius 1 is 0.431 bits per heavy atom. The third-order valence-electron chi connectivity index (χ3n) is 14.2. The molecule has 8 heteroatoms. The van der Waals surface area contributed by atoms with E-state index in [1.165, 1.54) is 40.9 Å². The monoisotopic (exact) mass is 957 g/mol. The first-order valence-electron chi connectivity index (χ1n) is 24.3. The van der Waals surface area contributed by atoms with Gasteiger partial charge in [0.25, 0.3) is 0 Å². The van der Waals surface area contributed by atoms with Gasteiger partial charge in [-0.2, -0.15) is 9.97 Å². The highest BCUT2D eigenvalue weighted by atomic mass is 32.1. The molecule has 1 aliphatic heterocycles. The number of aromatic nitrogens is 4. The van der Waals surface area contributed by atoms with E-state index in [1.54, 1.807) is 0 Å². The first kappa shape index (κ1) is 42.0. The highest BCUT2D eigenvalue weighted by Gasteiger charge is 2.41. The van der Waals surface area contributed by atoms with Crippen molar-refractivity contribution in [2.24, 2.45) is 0 Å². The van der Waals surface area contributed by atoms with E-state index in [0.717, 1.165) is 55.6 Å². The van der Waals surface area contributed by atoms with Gasteiger partial charge in [0.2, 0.25) is 12.2 Å². The van der Waals surface area contributed by atoms with Crippen molar-refractivity contribution in [1.29, 1.82) is 0 Å². The van der Waals surface area contributed by atoms with Crippen molar-refractivity contribution in [3.8, 4) is 34.5 Å². The molecular weight excluding hydrogens is 915 g/mol. The van der Waals surface area contributed by atoms with Crippen LogP contribution in [0.5, 0.6) is 5.75 Å². The van der Waals surface area contributed by atoms with Crippen LogP contribution in [-0.2, 0) is 0 Å². The van der Waals surface area contributed by atoms with Crippen LogP contribution in [0.4, 0.5) is 11.4 Å². The predicted molar refractivity (Wildman–Crippen MR) is 300 cm³/mol. The standard InChI is InChI=1S/C64H43N5OSSi/c1-6-21-43(22-7-1)61-65-62(45-25-20-32-50(41-45)72(47-26-10-3-11-27-47,48-28-12-4-13-29-48)49-30-14-5-15-31-49)67-64(66-61)69-55-40-37-46(68-56-34-17-18-35-57(56)70-63(68)44-23-8-2-9-24-44)42-54(55)52-38-39-53-51-33-16-19-36-58(51)71-60(53)59(52)69/h1-42,63H. The molecule has 0 spiro atoms. The zero-order valence-corrected chi connectivity index (χ0v) is 40.7. The molecule has 0 aliphatic carbocycles. The van der Waals surface area contributed by atoms with Crippen LogP contribution in [0.25, 0.3) is 70.7 Å². The molecule has 6 nitrogen and oxygen atoms in total. The Hall–Kier alpha value is -8.95. The van der Waals surface area contributed by atoms with E-state index in [9.17, 15) is 0 Å². The normalized spacial score (nSPS) is 13.5. The fourth-order valence-corrected chi connectivity index (χ4v) is 17.1. The maximum Gasteiger partial charge on any atom is 0.238 e. The highest BCUT2D eigenvalue weighted by molar-refractivity contribution is 7.26. The van der Waals surface area contributed by atoms with Crippen LogP contribution >= 0.6 is 11.3 Å². The van der Waals surface area contributed by atoms with E-state index >= 15 is 0 Å². The Balaban J connectivity index is 1.03. The van der Waals surface area contributed by atoms with Gasteiger partial charge in [-0.1, -0.05) is 218 Å². The van der Waals surface area contributed by atoms with Crippen LogP contribution in [0.2, 0.25) is 0 Å². The number of benzene rings is 10. The van der Waals surface area contributed by atoms with Crippen molar-refractivity contribution in [2.45, 2.75) is 6.23 Å². The second kappa shape index (κ2) is 17.2. The van der Waals surface area contributed by atoms with Gasteiger partial charge in [-0.05, 0) is 57.1 Å². The van der Waals surface area contributed by atoms with E-state index < -0.39 is 8.07 Å². The van der Waals surface area contributed by atoms with Gasteiger partial charge in [-0.15, -0.1) is 11.3 Å². The maximum atomic E-state index is 6.74. The largest absolute Gasteiger partial charge is 0.464 e. The minimum absolute atomic E-state index is 0.341. The van der Waals surface area contributed by atoms with Crippen LogP contribution < -0.4 is 30.4 Å². The number of hydrogen-bond acceptors (Lipinski definition) is 6. The van der Waals surface area contributed by atoms with Crippen LogP contribution in [0, 0.1) is 0 Å². The number of thiophene rings is 1. The number of rotatable bonds is 9. The Labute approximate surface area is 421 Å². The molecule has 1 aliphatic rings. The molecule has 14 rings (SSSR count). The average Bonchev–Trinajstić information content (AvgIpc) is 4.15. The number of hydrogen-bond donors (Lipinski definition) is 0. The van der Waals surface area contributed by atoms with Crippen LogP contribution in [0.1, 0.15) is 11.8 Å². The first-order chi connectivity index (χ1) is 35.7. The highest BCUT2D eigenvalue weighted by Crippen LogP contribution is 2.50. The van der Waals surface area contributed by atoms with Gasteiger partial charge < -0.3 is 4.74 Å². The zero-order valence-electron chi connectivity index (χ0n) is 38.9. The summed E-state index contributed by atoms with van der Waals surface area (Å²) in [6, 6.07) is 91.2. The summed E-state index contributed by atoms with van der Waals surface area (Å²) < 4.78 is 11.4. The van der Waals surface area contributed by atoms with Gasteiger partial charge in [0, 0.05) is 48.6 Å². The third kappa shape index (κ3) is 6.72. The minimum atomic E-state index is -2.88. The van der Waals surface area contributed by atoms with Crippen LogP contribution in [0.15, 0.2) is 255 Å². The van der Waals surface area contributed by atoms with E-state index in [2.05, 4.69) is 234 Å². The summed E-state index contributed by atoms with van der Waals surface area (Å²) in [5.41, 5.74) is 7.02. The molecule has 0 radical (unpaired) electrons. The predicted octanol–water partition coefficient (Wildman–Crippen LogP) is 13.3. The van der Waals surface area contributed by atoms with Gasteiger partial charge in [0.05, 0.1) is 21.4 Å². The summed E-state index contributed by atoms with van der Waals surface area (Å²) in [5, 5.41) is 9.79. The summed E-state index contributed by atoms with van der Waals surface area (Å²) in [4.78, 5) is 18.7. The molecule has 72 heavy (non-hydrogen) atoms. The summed E-state index contributed by atoms with van der Waals surface area (Å²) in [5.74, 6) is 2.61. The van der Waals surface area contributed by atoms with Gasteiger partial charge in [0.1, 0.15) is 5.75 Å². The Kier molecular flexibility index (Phi) is 10.0. The first-order valence-corrected chi connectivity index (χ1v) is 27.1. The van der Waals surface area contributed by atoms with Gasteiger partial charge in [-0.3, -0.25) is 9.47 Å². The lowest BCUT2D eigenvalue weighted by atomic mass is 10.1. The number of ether oxygens (including phenoxy) is 1. The lowest BCUT2D eigenvalue weighted by Crippen LogP contribution is -2.74. The molecule has 1 atom stereocenters. The van der Waals surface area contributed by atoms with Crippen molar-refractivity contribution in [3.63, 3.8) is 0 Å². The SMILES string of the molecule is c1ccc(-c2nc(-c3cccc([Si](c4ccccc4)(c4ccccc4)c4ccccc4)c3)nc(-n3c4ccc(N5c6ccccc6OC5c5ccccc5)cc4c4ccc5c6ccccc6sc5c43)n2)cc1. The molecule has 13 aromatic rings. The molecule has 1 unspecified atom stereocenters. The smallest absolute Gasteiger partial charge is 0.238 e. The third-order valence-corrected chi connectivity index (χ3v) is 20.2. The molecule has 0 saturated heterocycles. The molecule has 0 fully saturated rings. The van der Waals surface area contributed by atoms with Gasteiger partial charge in [-0.25, -0.2) is 4.98 Å². The number of fused-ring (bicyclic) bond motifs is 8. The summed E-state index contributed by atoms with van der Waals surface area (Å²) in [6.45, 7) is 0. The second-order valence-electron chi connectivity index (χ2n) is 18.3. The topological polar surface area (TPSA) is 56.1 Å². The van der Waals surface area contributed by atoms with Gasteiger partial charge >= 0.3 is 0 Å². The number of anilines is 2. The molecule has 0 saturated carbocycles. The molecular formula is C64H43N5OSSi. The fraction of sp³-hybridized carbons (Fsp3) is 0.0156. The number of nitrogens with zero attached hydrogens (tertiary/aromatic N) is 5. The van der Waals surface area contributed by atoms with Gasteiger partial charge in [0.15, 0.2) is 19.7 Å². The lowest BCUT2D eigenvalue weighted by molar-refractivity contribution is 0.240. The van der Waals surface area contributed by atoms with Crippen molar-refractivity contribution in [1.82, 2.24) is 19.5 Å². The number of para-hydroxylation sites is 2. The molecule has 0 N–H and O–H groups in total. The maximum absolute atomic E-state index is 6.74. The Bertz CT molecular complexity index is 4050. The molecule has 340 valence electrons. The second-order valence-corrected chi connectivity index (χ2v) is 23.1. The Morgan fingerprint density at radius 3 is 1.71 bits per heavy atom. The van der Waals surface area contributed by atoms with Crippen molar-refractivity contribution in [3.05, 3.63) is 260 Å².